The lowest BCUT2D eigenvalue weighted by Crippen LogP contribution is -2.06. The van der Waals surface area contributed by atoms with Gasteiger partial charge in [-0.05, 0) is 89.0 Å². The van der Waals surface area contributed by atoms with Crippen LogP contribution in [0.2, 0.25) is 0 Å². The molecule has 0 fully saturated rings. The maximum atomic E-state index is 4.22. The van der Waals surface area contributed by atoms with Crippen molar-refractivity contribution in [1.82, 2.24) is 9.97 Å². The van der Waals surface area contributed by atoms with Gasteiger partial charge in [0.2, 0.25) is 0 Å². The van der Waals surface area contributed by atoms with E-state index >= 15 is 0 Å². The van der Waals surface area contributed by atoms with Crippen molar-refractivity contribution in [2.24, 2.45) is 0 Å². The second-order valence-corrected chi connectivity index (χ2v) is 13.7. The quantitative estimate of drug-likeness (QED) is 0.184. The summed E-state index contributed by atoms with van der Waals surface area (Å²) >= 11 is 2.00. The number of rotatable bonds is 4. The molecule has 0 N–H and O–H groups in total. The molecule has 3 heteroatoms. The van der Waals surface area contributed by atoms with Crippen LogP contribution in [0.15, 0.2) is 163 Å². The highest BCUT2D eigenvalue weighted by Gasteiger charge is 2.32. The minimum atomic E-state index is 0.448. The third kappa shape index (κ3) is 4.20. The summed E-state index contributed by atoms with van der Waals surface area (Å²) < 4.78 is 0. The standard InChI is InChI=1S/C44H28N2S/c1-2-13-41-35(10-1)38-12-5-11-34(44(38)47-41)31-8-4-9-32(22-31)40-23-39(28-16-14-27(15-17-28)33-24-45-26-46-25-33)36-20-18-29-6-3-7-30-19-21-37(40)43(36)42(29)30/h1-26,35,41H. The van der Waals surface area contributed by atoms with E-state index in [0.29, 0.717) is 11.2 Å². The summed E-state index contributed by atoms with van der Waals surface area (Å²) in [5, 5.41) is 8.26. The number of nitrogens with zero attached hydrogens (tertiary/aromatic N) is 2. The van der Waals surface area contributed by atoms with Gasteiger partial charge in [-0.15, -0.1) is 11.8 Å². The van der Waals surface area contributed by atoms with Gasteiger partial charge in [0, 0.05) is 34.0 Å². The van der Waals surface area contributed by atoms with Crippen LogP contribution in [-0.2, 0) is 0 Å². The number of allylic oxidation sites excluding steroid dienone is 3. The molecule has 220 valence electrons. The van der Waals surface area contributed by atoms with Crippen molar-refractivity contribution in [2.75, 3.05) is 0 Å². The predicted octanol–water partition coefficient (Wildman–Crippen LogP) is 11.7. The third-order valence-corrected chi connectivity index (χ3v) is 11.4. The van der Waals surface area contributed by atoms with Crippen LogP contribution in [0.4, 0.5) is 0 Å². The first-order valence-electron chi connectivity index (χ1n) is 16.1. The van der Waals surface area contributed by atoms with Gasteiger partial charge in [0.05, 0.1) is 0 Å². The van der Waals surface area contributed by atoms with Gasteiger partial charge >= 0.3 is 0 Å². The second kappa shape index (κ2) is 10.5. The van der Waals surface area contributed by atoms with Crippen molar-refractivity contribution in [1.29, 1.82) is 0 Å². The van der Waals surface area contributed by atoms with Gasteiger partial charge in [0.25, 0.3) is 0 Å². The van der Waals surface area contributed by atoms with Gasteiger partial charge in [0.15, 0.2) is 0 Å². The second-order valence-electron chi connectivity index (χ2n) is 12.5. The Morgan fingerprint density at radius 3 is 1.94 bits per heavy atom. The molecular weight excluding hydrogens is 589 g/mol. The predicted molar refractivity (Wildman–Crippen MR) is 198 cm³/mol. The van der Waals surface area contributed by atoms with Crippen LogP contribution in [0.3, 0.4) is 0 Å². The van der Waals surface area contributed by atoms with Crippen molar-refractivity contribution in [3.8, 4) is 44.5 Å². The molecule has 0 radical (unpaired) electrons. The fourth-order valence-corrected chi connectivity index (χ4v) is 9.22. The molecule has 2 heterocycles. The number of benzene rings is 7. The Hall–Kier alpha value is -5.51. The first kappa shape index (κ1) is 26.7. The Labute approximate surface area is 277 Å². The molecule has 0 bridgehead atoms. The van der Waals surface area contributed by atoms with Gasteiger partial charge in [-0.25, -0.2) is 9.97 Å². The fourth-order valence-electron chi connectivity index (χ4n) is 7.75. The van der Waals surface area contributed by atoms with Crippen molar-refractivity contribution in [2.45, 2.75) is 16.1 Å². The number of hydrogen-bond acceptors (Lipinski definition) is 3. The highest BCUT2D eigenvalue weighted by Crippen LogP contribution is 2.52. The van der Waals surface area contributed by atoms with Crippen molar-refractivity contribution in [3.63, 3.8) is 0 Å². The number of fused-ring (bicyclic) bond motifs is 3. The van der Waals surface area contributed by atoms with E-state index in [1.54, 1.807) is 6.33 Å². The molecule has 8 aromatic rings. The van der Waals surface area contributed by atoms with Crippen LogP contribution in [0.5, 0.6) is 0 Å². The average molecular weight is 617 g/mol. The molecule has 0 amide bonds. The summed E-state index contributed by atoms with van der Waals surface area (Å²) in [5.41, 5.74) is 11.1. The summed E-state index contributed by atoms with van der Waals surface area (Å²) in [5.74, 6) is 0.448. The zero-order chi connectivity index (χ0) is 30.9. The minimum absolute atomic E-state index is 0.448. The van der Waals surface area contributed by atoms with E-state index in [0.717, 1.165) is 11.1 Å². The van der Waals surface area contributed by atoms with E-state index < -0.39 is 0 Å². The average Bonchev–Trinajstić information content (AvgIpc) is 3.53. The van der Waals surface area contributed by atoms with Gasteiger partial charge < -0.3 is 0 Å². The maximum Gasteiger partial charge on any atom is 0.115 e. The van der Waals surface area contributed by atoms with E-state index in [9.17, 15) is 0 Å². The molecule has 2 atom stereocenters. The van der Waals surface area contributed by atoms with Gasteiger partial charge in [-0.2, -0.15) is 0 Å². The molecular formula is C44H28N2S. The fraction of sp³-hybridized carbons (Fsp3) is 0.0455. The molecule has 0 saturated heterocycles. The number of aromatic nitrogens is 2. The number of thioether (sulfide) groups is 1. The Morgan fingerprint density at radius 1 is 0.489 bits per heavy atom. The van der Waals surface area contributed by atoms with E-state index in [2.05, 4.69) is 150 Å². The minimum Gasteiger partial charge on any atom is -0.244 e. The van der Waals surface area contributed by atoms with Crippen LogP contribution in [0.1, 0.15) is 11.5 Å². The monoisotopic (exact) mass is 616 g/mol. The lowest BCUT2D eigenvalue weighted by Gasteiger charge is -2.19. The zero-order valence-electron chi connectivity index (χ0n) is 25.5. The molecule has 7 aromatic carbocycles. The summed E-state index contributed by atoms with van der Waals surface area (Å²) in [6.45, 7) is 0. The highest BCUT2D eigenvalue weighted by molar-refractivity contribution is 8.00. The van der Waals surface area contributed by atoms with Gasteiger partial charge in [-0.3, -0.25) is 0 Å². The lowest BCUT2D eigenvalue weighted by molar-refractivity contribution is 0.881. The van der Waals surface area contributed by atoms with Gasteiger partial charge in [-0.1, -0.05) is 127 Å². The largest absolute Gasteiger partial charge is 0.244 e. The Balaban J connectivity index is 1.18. The summed E-state index contributed by atoms with van der Waals surface area (Å²) in [4.78, 5) is 9.86. The zero-order valence-corrected chi connectivity index (χ0v) is 26.3. The molecule has 1 aromatic heterocycles. The first-order chi connectivity index (χ1) is 23.3. The van der Waals surface area contributed by atoms with Crippen LogP contribution in [0.25, 0.3) is 76.8 Å². The smallest absolute Gasteiger partial charge is 0.115 e. The topological polar surface area (TPSA) is 25.8 Å². The van der Waals surface area contributed by atoms with Gasteiger partial charge in [0.1, 0.15) is 6.33 Å². The Bertz CT molecular complexity index is 2530. The number of hydrogen-bond donors (Lipinski definition) is 0. The van der Waals surface area contributed by atoms with E-state index in [1.165, 1.54) is 76.2 Å². The molecule has 0 saturated carbocycles. The van der Waals surface area contributed by atoms with E-state index in [-0.39, 0.29) is 0 Å². The third-order valence-electron chi connectivity index (χ3n) is 9.96. The molecule has 1 aliphatic heterocycles. The molecule has 0 spiro atoms. The molecule has 2 aliphatic rings. The Kier molecular flexibility index (Phi) is 5.97. The van der Waals surface area contributed by atoms with E-state index in [4.69, 9.17) is 0 Å². The van der Waals surface area contributed by atoms with Crippen molar-refractivity contribution >= 4 is 44.1 Å². The van der Waals surface area contributed by atoms with Crippen LogP contribution in [0, 0.1) is 0 Å². The van der Waals surface area contributed by atoms with Crippen LogP contribution < -0.4 is 0 Å². The van der Waals surface area contributed by atoms with Crippen molar-refractivity contribution < 1.29 is 0 Å². The maximum absolute atomic E-state index is 4.22. The summed E-state index contributed by atoms with van der Waals surface area (Å²) in [7, 11) is 0. The molecule has 2 unspecified atom stereocenters. The Morgan fingerprint density at radius 2 is 1.15 bits per heavy atom. The molecule has 2 nitrogen and oxygen atoms in total. The van der Waals surface area contributed by atoms with E-state index in [1.807, 2.05) is 24.2 Å². The van der Waals surface area contributed by atoms with Crippen LogP contribution in [-0.4, -0.2) is 15.2 Å². The summed E-state index contributed by atoms with van der Waals surface area (Å²) in [6.07, 6.45) is 14.4. The molecule has 47 heavy (non-hydrogen) atoms. The summed E-state index contributed by atoms with van der Waals surface area (Å²) in [6, 6.07) is 43.1. The molecule has 10 rings (SSSR count). The highest BCUT2D eigenvalue weighted by atomic mass is 32.2. The molecule has 1 aliphatic carbocycles. The normalized spacial score (nSPS) is 16.7. The van der Waals surface area contributed by atoms with Crippen molar-refractivity contribution in [3.05, 3.63) is 164 Å². The first-order valence-corrected chi connectivity index (χ1v) is 17.0. The van der Waals surface area contributed by atoms with Crippen LogP contribution >= 0.6 is 11.8 Å². The SMILES string of the molecule is C1=CC2Sc3c(-c4cccc(-c5cc(-c6ccc(-c7cncnc7)cc6)c6ccc7cccc8ccc5c6c78)c4)cccc3C2C=C1. The lowest BCUT2D eigenvalue weighted by atomic mass is 9.85.